The minimum atomic E-state index is -3.59. The van der Waals surface area contributed by atoms with Crippen LogP contribution in [0.5, 0.6) is 0 Å². The van der Waals surface area contributed by atoms with E-state index in [4.69, 9.17) is 0 Å². The Bertz CT molecular complexity index is 1350. The summed E-state index contributed by atoms with van der Waals surface area (Å²) >= 11 is 0. The predicted molar refractivity (Wildman–Crippen MR) is 114 cm³/mol. The predicted octanol–water partition coefficient (Wildman–Crippen LogP) is 3.43. The first-order valence-corrected chi connectivity index (χ1v) is 11.1. The number of rotatable bonds is 3. The molecule has 0 aliphatic carbocycles. The summed E-state index contributed by atoms with van der Waals surface area (Å²) in [5, 5.41) is 2.53. The van der Waals surface area contributed by atoms with Gasteiger partial charge >= 0.3 is 0 Å². The van der Waals surface area contributed by atoms with Gasteiger partial charge in [0.2, 0.25) is 10.0 Å². The summed E-state index contributed by atoms with van der Waals surface area (Å²) in [5.74, 6) is 0.276. The smallest absolute Gasteiger partial charge is 0.243 e. The fraction of sp³-hybridized carbons (Fsp3) is 0.182. The maximum absolute atomic E-state index is 13.7. The maximum Gasteiger partial charge on any atom is 0.243 e. The van der Waals surface area contributed by atoms with Gasteiger partial charge in [0, 0.05) is 31.6 Å². The molecule has 0 spiro atoms. The number of aromatic nitrogens is 2. The summed E-state index contributed by atoms with van der Waals surface area (Å²) in [6.45, 7) is 1.59. The Labute approximate surface area is 173 Å². The van der Waals surface area contributed by atoms with Crippen LogP contribution in [-0.2, 0) is 10.0 Å². The van der Waals surface area contributed by atoms with Gasteiger partial charge in [0.25, 0.3) is 0 Å². The minimum absolute atomic E-state index is 0.296. The number of hydrogen-bond donors (Lipinski definition) is 0. The van der Waals surface area contributed by atoms with Crippen LogP contribution in [0, 0.1) is 5.82 Å². The number of benzene rings is 3. The van der Waals surface area contributed by atoms with E-state index < -0.39 is 10.0 Å². The Morgan fingerprint density at radius 1 is 0.833 bits per heavy atom. The van der Waals surface area contributed by atoms with Crippen LogP contribution in [0.2, 0.25) is 0 Å². The summed E-state index contributed by atoms with van der Waals surface area (Å²) in [5.41, 5.74) is 0.660. The summed E-state index contributed by atoms with van der Waals surface area (Å²) in [4.78, 5) is 10.8. The molecule has 6 nitrogen and oxygen atoms in total. The molecular formula is C22H19FN4O2S. The zero-order valence-electron chi connectivity index (χ0n) is 16.1. The Morgan fingerprint density at radius 3 is 2.40 bits per heavy atom. The van der Waals surface area contributed by atoms with E-state index in [1.807, 2.05) is 35.2 Å². The molecule has 2 heterocycles. The van der Waals surface area contributed by atoms with Gasteiger partial charge in [-0.2, -0.15) is 4.31 Å². The first-order chi connectivity index (χ1) is 14.5. The Kier molecular flexibility index (Phi) is 4.60. The van der Waals surface area contributed by atoms with E-state index in [0.29, 0.717) is 47.8 Å². The van der Waals surface area contributed by atoms with Gasteiger partial charge < -0.3 is 4.90 Å². The van der Waals surface area contributed by atoms with E-state index in [0.717, 1.165) is 10.8 Å². The van der Waals surface area contributed by atoms with Crippen LogP contribution < -0.4 is 4.90 Å². The van der Waals surface area contributed by atoms with Crippen molar-refractivity contribution in [3.05, 3.63) is 72.8 Å². The number of fused-ring (bicyclic) bond motifs is 2. The van der Waals surface area contributed by atoms with E-state index in [-0.39, 0.29) is 5.82 Å². The first kappa shape index (κ1) is 18.9. The monoisotopic (exact) mass is 422 g/mol. The summed E-state index contributed by atoms with van der Waals surface area (Å²) in [6.07, 6.45) is 1.45. The van der Waals surface area contributed by atoms with E-state index in [9.17, 15) is 12.8 Å². The Morgan fingerprint density at radius 2 is 1.60 bits per heavy atom. The zero-order valence-corrected chi connectivity index (χ0v) is 16.9. The van der Waals surface area contributed by atoms with Gasteiger partial charge in [-0.15, -0.1) is 0 Å². The van der Waals surface area contributed by atoms with Gasteiger partial charge in [-0.05, 0) is 41.1 Å². The molecule has 8 heteroatoms. The van der Waals surface area contributed by atoms with E-state index in [2.05, 4.69) is 9.97 Å². The fourth-order valence-corrected chi connectivity index (χ4v) is 5.34. The summed E-state index contributed by atoms with van der Waals surface area (Å²) < 4.78 is 41.6. The van der Waals surface area contributed by atoms with Crippen molar-refractivity contribution in [2.45, 2.75) is 4.90 Å². The lowest BCUT2D eigenvalue weighted by Crippen LogP contribution is -2.49. The Hall–Kier alpha value is -3.10. The average Bonchev–Trinajstić information content (AvgIpc) is 2.78. The largest absolute Gasteiger partial charge is 0.353 e. The molecule has 30 heavy (non-hydrogen) atoms. The normalized spacial score (nSPS) is 15.7. The van der Waals surface area contributed by atoms with Crippen LogP contribution >= 0.6 is 0 Å². The number of nitrogens with zero attached hydrogens (tertiary/aromatic N) is 4. The second-order valence-electron chi connectivity index (χ2n) is 7.26. The first-order valence-electron chi connectivity index (χ1n) is 9.66. The molecule has 0 saturated carbocycles. The van der Waals surface area contributed by atoms with Crippen molar-refractivity contribution < 1.29 is 12.8 Å². The lowest BCUT2D eigenvalue weighted by atomic mass is 10.1. The molecule has 0 atom stereocenters. The fourth-order valence-electron chi connectivity index (χ4n) is 3.88. The van der Waals surface area contributed by atoms with Gasteiger partial charge in [-0.3, -0.25) is 0 Å². The van der Waals surface area contributed by atoms with E-state index >= 15 is 0 Å². The zero-order chi connectivity index (χ0) is 20.7. The van der Waals surface area contributed by atoms with Crippen LogP contribution in [0.1, 0.15) is 0 Å². The maximum atomic E-state index is 13.7. The molecule has 1 saturated heterocycles. The second-order valence-corrected chi connectivity index (χ2v) is 9.20. The average molecular weight is 422 g/mol. The molecule has 1 aliphatic rings. The molecule has 4 aromatic rings. The van der Waals surface area contributed by atoms with Gasteiger partial charge in [-0.25, -0.2) is 22.8 Å². The molecule has 0 unspecified atom stereocenters. The molecule has 152 valence electrons. The number of hydrogen-bond acceptors (Lipinski definition) is 5. The number of halogens is 1. The molecule has 0 radical (unpaired) electrons. The van der Waals surface area contributed by atoms with Crippen molar-refractivity contribution in [1.29, 1.82) is 0 Å². The van der Waals surface area contributed by atoms with Crippen molar-refractivity contribution in [1.82, 2.24) is 14.3 Å². The van der Waals surface area contributed by atoms with Gasteiger partial charge in [0.05, 0.1) is 10.4 Å². The third-order valence-electron chi connectivity index (χ3n) is 5.47. The lowest BCUT2D eigenvalue weighted by molar-refractivity contribution is 0.384. The highest BCUT2D eigenvalue weighted by molar-refractivity contribution is 7.89. The SMILES string of the molecule is O=S(=O)(c1ccc2ccccc2c1)N1CCN(c2ncnc3ccc(F)cc23)CC1. The summed E-state index contributed by atoms with van der Waals surface area (Å²) in [7, 11) is -3.59. The number of sulfonamides is 1. The summed E-state index contributed by atoms with van der Waals surface area (Å²) in [6, 6.07) is 17.3. The van der Waals surface area contributed by atoms with Crippen molar-refractivity contribution in [2.24, 2.45) is 0 Å². The molecular weight excluding hydrogens is 403 g/mol. The van der Waals surface area contributed by atoms with Crippen molar-refractivity contribution in [2.75, 3.05) is 31.1 Å². The molecule has 0 N–H and O–H groups in total. The number of anilines is 1. The van der Waals surface area contributed by atoms with Crippen LogP contribution in [0.15, 0.2) is 71.9 Å². The highest BCUT2D eigenvalue weighted by atomic mass is 32.2. The standard InChI is InChI=1S/C22H19FN4O2S/c23-18-6-8-21-20(14-18)22(25-15-24-21)26-9-11-27(12-10-26)30(28,29)19-7-5-16-3-1-2-4-17(16)13-19/h1-8,13-15H,9-12H2. The van der Waals surface area contributed by atoms with Crippen molar-refractivity contribution in [3.8, 4) is 0 Å². The van der Waals surface area contributed by atoms with Crippen molar-refractivity contribution in [3.63, 3.8) is 0 Å². The molecule has 1 fully saturated rings. The Balaban J connectivity index is 1.39. The van der Waals surface area contributed by atoms with Crippen molar-refractivity contribution >= 4 is 37.5 Å². The van der Waals surface area contributed by atoms with Crippen LogP contribution in [0.3, 0.4) is 0 Å². The van der Waals surface area contributed by atoms with E-state index in [1.165, 1.54) is 22.8 Å². The second kappa shape index (κ2) is 7.30. The quantitative estimate of drug-likeness (QED) is 0.506. The van der Waals surface area contributed by atoms with Crippen LogP contribution in [0.25, 0.3) is 21.7 Å². The third-order valence-corrected chi connectivity index (χ3v) is 7.37. The highest BCUT2D eigenvalue weighted by Crippen LogP contribution is 2.27. The van der Waals surface area contributed by atoms with Crippen LogP contribution in [-0.4, -0.2) is 48.9 Å². The van der Waals surface area contributed by atoms with Gasteiger partial charge in [-0.1, -0.05) is 30.3 Å². The molecule has 1 aliphatic heterocycles. The van der Waals surface area contributed by atoms with Gasteiger partial charge in [0.1, 0.15) is 18.0 Å². The highest BCUT2D eigenvalue weighted by Gasteiger charge is 2.29. The topological polar surface area (TPSA) is 66.4 Å². The minimum Gasteiger partial charge on any atom is -0.353 e. The number of piperazine rings is 1. The molecule has 1 aromatic heterocycles. The third kappa shape index (κ3) is 3.28. The van der Waals surface area contributed by atoms with Crippen LogP contribution in [0.4, 0.5) is 10.2 Å². The molecule has 0 amide bonds. The van der Waals surface area contributed by atoms with E-state index in [1.54, 1.807) is 18.2 Å². The molecule has 5 rings (SSSR count). The molecule has 3 aromatic carbocycles. The lowest BCUT2D eigenvalue weighted by Gasteiger charge is -2.35. The van der Waals surface area contributed by atoms with Gasteiger partial charge in [0.15, 0.2) is 0 Å². The molecule has 0 bridgehead atoms.